The summed E-state index contributed by atoms with van der Waals surface area (Å²) >= 11 is 0. The summed E-state index contributed by atoms with van der Waals surface area (Å²) < 4.78 is 2.33. The zero-order valence-corrected chi connectivity index (χ0v) is 10.8. The van der Waals surface area contributed by atoms with Gasteiger partial charge in [-0.25, -0.2) is 4.79 Å². The van der Waals surface area contributed by atoms with E-state index in [9.17, 15) is 14.4 Å². The zero-order valence-electron chi connectivity index (χ0n) is 10.8. The minimum atomic E-state index is -0.542. The van der Waals surface area contributed by atoms with E-state index in [1.54, 1.807) is 0 Å². The summed E-state index contributed by atoms with van der Waals surface area (Å²) in [5, 5.41) is 0. The average Bonchev–Trinajstić information content (AvgIpc) is 2.40. The van der Waals surface area contributed by atoms with Crippen molar-refractivity contribution in [2.75, 3.05) is 0 Å². The third-order valence-corrected chi connectivity index (χ3v) is 2.89. The monoisotopic (exact) mass is 258 g/mol. The summed E-state index contributed by atoms with van der Waals surface area (Å²) in [6.07, 6.45) is 1.29. The van der Waals surface area contributed by atoms with Gasteiger partial charge in [0, 0.05) is 13.2 Å². The Labute approximate surface area is 109 Å². The van der Waals surface area contributed by atoms with Crippen LogP contribution in [0.15, 0.2) is 46.1 Å². The second kappa shape index (κ2) is 5.06. The van der Waals surface area contributed by atoms with E-state index >= 15 is 0 Å². The van der Waals surface area contributed by atoms with Crippen molar-refractivity contribution in [2.24, 2.45) is 7.05 Å². The van der Waals surface area contributed by atoms with Crippen molar-refractivity contribution < 1.29 is 4.79 Å². The number of hydrogen-bond donors (Lipinski definition) is 0. The lowest BCUT2D eigenvalue weighted by atomic mass is 10.2. The van der Waals surface area contributed by atoms with Crippen molar-refractivity contribution in [2.45, 2.75) is 13.5 Å². The predicted molar refractivity (Wildman–Crippen MR) is 71.5 cm³/mol. The van der Waals surface area contributed by atoms with Gasteiger partial charge in [-0.05, 0) is 12.5 Å². The first kappa shape index (κ1) is 13.0. The second-order valence-electron chi connectivity index (χ2n) is 4.37. The van der Waals surface area contributed by atoms with E-state index in [4.69, 9.17) is 0 Å². The van der Waals surface area contributed by atoms with Crippen LogP contribution >= 0.6 is 0 Å². The molecule has 0 N–H and O–H groups in total. The third-order valence-electron chi connectivity index (χ3n) is 2.89. The molecule has 2 aromatic rings. The molecule has 0 amide bonds. The maximum absolute atomic E-state index is 12.1. The lowest BCUT2D eigenvalue weighted by molar-refractivity contribution is 0.101. The number of ketones is 1. The van der Waals surface area contributed by atoms with Gasteiger partial charge in [-0.3, -0.25) is 14.2 Å². The van der Waals surface area contributed by atoms with E-state index in [2.05, 4.69) is 0 Å². The number of hydrogen-bond acceptors (Lipinski definition) is 3. The Bertz CT molecular complexity index is 727. The Balaban J connectivity index is 2.60. The molecule has 0 atom stereocenters. The topological polar surface area (TPSA) is 61.1 Å². The van der Waals surface area contributed by atoms with Crippen molar-refractivity contribution in [3.63, 3.8) is 0 Å². The molecular formula is C14H14N2O3. The zero-order chi connectivity index (χ0) is 14.0. The molecule has 0 aliphatic carbocycles. The van der Waals surface area contributed by atoms with Crippen LogP contribution in [0.3, 0.4) is 0 Å². The summed E-state index contributed by atoms with van der Waals surface area (Å²) in [7, 11) is 1.52. The third kappa shape index (κ3) is 2.54. The van der Waals surface area contributed by atoms with E-state index < -0.39 is 11.2 Å². The largest absolute Gasteiger partial charge is 0.331 e. The van der Waals surface area contributed by atoms with Crippen molar-refractivity contribution in [1.82, 2.24) is 9.13 Å². The SMILES string of the molecule is CC(=O)c1cn(C)c(=O)n(Cc2ccccc2)c1=O. The van der Waals surface area contributed by atoms with Gasteiger partial charge in [0.15, 0.2) is 5.78 Å². The van der Waals surface area contributed by atoms with Gasteiger partial charge in [-0.2, -0.15) is 0 Å². The molecule has 0 fully saturated rings. The maximum atomic E-state index is 12.1. The predicted octanol–water partition coefficient (Wildman–Crippen LogP) is 0.798. The number of benzene rings is 1. The molecule has 0 saturated heterocycles. The van der Waals surface area contributed by atoms with Crippen molar-refractivity contribution in [3.8, 4) is 0 Å². The molecule has 5 nitrogen and oxygen atoms in total. The first-order valence-corrected chi connectivity index (χ1v) is 5.86. The van der Waals surface area contributed by atoms with Gasteiger partial charge in [0.25, 0.3) is 5.56 Å². The van der Waals surface area contributed by atoms with Gasteiger partial charge in [-0.1, -0.05) is 30.3 Å². The van der Waals surface area contributed by atoms with Crippen LogP contribution in [0.25, 0.3) is 0 Å². The second-order valence-corrected chi connectivity index (χ2v) is 4.37. The molecule has 1 aromatic heterocycles. The summed E-state index contributed by atoms with van der Waals surface area (Å²) in [4.78, 5) is 35.5. The van der Waals surface area contributed by atoms with Gasteiger partial charge < -0.3 is 4.57 Å². The van der Waals surface area contributed by atoms with Gasteiger partial charge in [-0.15, -0.1) is 0 Å². The van der Waals surface area contributed by atoms with E-state index in [1.807, 2.05) is 30.3 Å². The molecule has 0 spiro atoms. The first-order chi connectivity index (χ1) is 9.00. The van der Waals surface area contributed by atoms with Gasteiger partial charge in [0.05, 0.1) is 12.1 Å². The highest BCUT2D eigenvalue weighted by Gasteiger charge is 2.13. The van der Waals surface area contributed by atoms with Crippen LogP contribution in [0.2, 0.25) is 0 Å². The number of carbonyl (C=O) groups excluding carboxylic acids is 1. The van der Waals surface area contributed by atoms with Crippen molar-refractivity contribution in [1.29, 1.82) is 0 Å². The Hall–Kier alpha value is -2.43. The molecule has 0 aliphatic heterocycles. The number of carbonyl (C=O) groups is 1. The number of aryl methyl sites for hydroxylation is 1. The molecule has 1 aromatic carbocycles. The van der Waals surface area contributed by atoms with Crippen LogP contribution in [0, 0.1) is 0 Å². The molecule has 0 radical (unpaired) electrons. The highest BCUT2D eigenvalue weighted by molar-refractivity contribution is 5.93. The Kier molecular flexibility index (Phi) is 3.46. The molecule has 0 saturated carbocycles. The fourth-order valence-corrected chi connectivity index (χ4v) is 1.87. The molecule has 5 heteroatoms. The fraction of sp³-hybridized carbons (Fsp3) is 0.214. The summed E-state index contributed by atoms with van der Waals surface area (Å²) in [6, 6.07) is 9.17. The Morgan fingerprint density at radius 1 is 1.16 bits per heavy atom. The summed E-state index contributed by atoms with van der Waals surface area (Å²) in [5.41, 5.74) is -0.112. The molecule has 98 valence electrons. The van der Waals surface area contributed by atoms with Gasteiger partial charge in [0.2, 0.25) is 0 Å². The van der Waals surface area contributed by atoms with E-state index in [0.717, 1.165) is 10.1 Å². The van der Waals surface area contributed by atoms with Crippen LogP contribution in [-0.4, -0.2) is 14.9 Å². The Morgan fingerprint density at radius 2 is 1.79 bits per heavy atom. The summed E-state index contributed by atoms with van der Waals surface area (Å²) in [5.74, 6) is -0.345. The van der Waals surface area contributed by atoms with Crippen molar-refractivity contribution in [3.05, 3.63) is 68.5 Å². The van der Waals surface area contributed by atoms with Crippen LogP contribution < -0.4 is 11.2 Å². The van der Waals surface area contributed by atoms with Crippen molar-refractivity contribution >= 4 is 5.78 Å². The minimum absolute atomic E-state index is 0.0260. The summed E-state index contributed by atoms with van der Waals surface area (Å²) in [6.45, 7) is 1.47. The first-order valence-electron chi connectivity index (χ1n) is 5.86. The number of aromatic nitrogens is 2. The van der Waals surface area contributed by atoms with E-state index in [1.165, 1.54) is 24.7 Å². The molecule has 0 aliphatic rings. The molecule has 1 heterocycles. The lowest BCUT2D eigenvalue weighted by Crippen LogP contribution is -2.41. The van der Waals surface area contributed by atoms with Gasteiger partial charge >= 0.3 is 5.69 Å². The highest BCUT2D eigenvalue weighted by atomic mass is 16.2. The molecular weight excluding hydrogens is 244 g/mol. The number of Topliss-reactive ketones (excluding diaryl/α,β-unsaturated/α-hetero) is 1. The van der Waals surface area contributed by atoms with Crippen LogP contribution in [-0.2, 0) is 13.6 Å². The van der Waals surface area contributed by atoms with Crippen LogP contribution in [0.1, 0.15) is 22.8 Å². The smallest absolute Gasteiger partial charge is 0.303 e. The lowest BCUT2D eigenvalue weighted by Gasteiger charge is -2.09. The standard InChI is InChI=1S/C14H14N2O3/c1-10(17)12-9-15(2)14(19)16(13(12)18)8-11-6-4-3-5-7-11/h3-7,9H,8H2,1-2H3. The molecule has 0 unspecified atom stereocenters. The van der Waals surface area contributed by atoms with Gasteiger partial charge in [0.1, 0.15) is 0 Å². The quantitative estimate of drug-likeness (QED) is 0.765. The fourth-order valence-electron chi connectivity index (χ4n) is 1.87. The average molecular weight is 258 g/mol. The maximum Gasteiger partial charge on any atom is 0.331 e. The number of nitrogens with zero attached hydrogens (tertiary/aromatic N) is 2. The van der Waals surface area contributed by atoms with Crippen LogP contribution in [0.5, 0.6) is 0 Å². The highest BCUT2D eigenvalue weighted by Crippen LogP contribution is 1.99. The molecule has 19 heavy (non-hydrogen) atoms. The Morgan fingerprint density at radius 3 is 2.37 bits per heavy atom. The normalized spacial score (nSPS) is 10.4. The van der Waals surface area contributed by atoms with E-state index in [0.29, 0.717) is 0 Å². The molecule has 2 rings (SSSR count). The minimum Gasteiger partial charge on any atom is -0.303 e. The van der Waals surface area contributed by atoms with Crippen LogP contribution in [0.4, 0.5) is 0 Å². The van der Waals surface area contributed by atoms with E-state index in [-0.39, 0.29) is 17.9 Å². The number of rotatable bonds is 3. The molecule has 0 bridgehead atoms.